The predicted molar refractivity (Wildman–Crippen MR) is 73.8 cm³/mol. The van der Waals surface area contributed by atoms with Gasteiger partial charge in [-0.15, -0.1) is 0 Å². The number of amides is 1. The first-order valence-electron chi connectivity index (χ1n) is 6.13. The molecule has 0 spiro atoms. The molecular formula is C15H14N2O2. The van der Waals surface area contributed by atoms with Gasteiger partial charge in [0.25, 0.3) is 5.91 Å². The van der Waals surface area contributed by atoms with Crippen LogP contribution in [0.1, 0.15) is 21.7 Å². The highest BCUT2D eigenvalue weighted by Gasteiger charge is 2.22. The highest BCUT2D eigenvalue weighted by Crippen LogP contribution is 2.24. The van der Waals surface area contributed by atoms with Crippen LogP contribution in [0.2, 0.25) is 0 Å². The summed E-state index contributed by atoms with van der Waals surface area (Å²) in [5.41, 5.74) is 2.63. The molecule has 0 radical (unpaired) electrons. The molecule has 2 N–H and O–H groups in total. The van der Waals surface area contributed by atoms with E-state index in [1.807, 2.05) is 49.4 Å². The minimum Gasteiger partial charge on any atom is -0.465 e. The van der Waals surface area contributed by atoms with E-state index in [1.165, 1.54) is 0 Å². The van der Waals surface area contributed by atoms with E-state index in [-0.39, 0.29) is 12.1 Å². The van der Waals surface area contributed by atoms with Crippen molar-refractivity contribution < 1.29 is 9.21 Å². The van der Waals surface area contributed by atoms with E-state index in [2.05, 4.69) is 10.6 Å². The fourth-order valence-corrected chi connectivity index (χ4v) is 2.13. The van der Waals surface area contributed by atoms with Crippen LogP contribution in [0.15, 0.2) is 47.1 Å². The van der Waals surface area contributed by atoms with Gasteiger partial charge in [-0.05, 0) is 42.8 Å². The topological polar surface area (TPSA) is 54.3 Å². The second kappa shape index (κ2) is 4.65. The molecule has 0 saturated heterocycles. The second-order valence-corrected chi connectivity index (χ2v) is 4.47. The molecule has 1 aromatic heterocycles. The number of carbonyl (C=O) groups excluding carboxylic acids is 1. The van der Waals surface area contributed by atoms with Gasteiger partial charge in [0.2, 0.25) is 0 Å². The van der Waals surface area contributed by atoms with E-state index < -0.39 is 0 Å². The standard InChI is InChI=1S/C15H14N2O2/c1-10-4-2-6-12-14(10)16-13(17-15(12)18)8-7-11-5-3-9-19-11/h2-9,13,16H,1H3,(H,17,18)/b8-7-/t13-/m0/s1. The minimum atomic E-state index is -0.230. The van der Waals surface area contributed by atoms with Crippen molar-refractivity contribution in [3.8, 4) is 0 Å². The Bertz CT molecular complexity index is 630. The van der Waals surface area contributed by atoms with Crippen LogP contribution in [0.4, 0.5) is 5.69 Å². The fourth-order valence-electron chi connectivity index (χ4n) is 2.13. The zero-order valence-corrected chi connectivity index (χ0v) is 10.5. The molecule has 1 aliphatic rings. The average molecular weight is 254 g/mol. The fraction of sp³-hybridized carbons (Fsp3) is 0.133. The molecule has 1 amide bonds. The van der Waals surface area contributed by atoms with Gasteiger partial charge in [0, 0.05) is 0 Å². The number of fused-ring (bicyclic) bond motifs is 1. The number of para-hydroxylation sites is 1. The maximum atomic E-state index is 12.0. The zero-order chi connectivity index (χ0) is 13.2. The van der Waals surface area contributed by atoms with Crippen LogP contribution in [-0.2, 0) is 0 Å². The molecule has 2 aromatic rings. The van der Waals surface area contributed by atoms with Crippen molar-refractivity contribution in [2.75, 3.05) is 5.32 Å². The zero-order valence-electron chi connectivity index (χ0n) is 10.5. The number of hydrogen-bond donors (Lipinski definition) is 2. The first kappa shape index (κ1) is 11.6. The summed E-state index contributed by atoms with van der Waals surface area (Å²) in [7, 11) is 0. The highest BCUT2D eigenvalue weighted by molar-refractivity contribution is 6.02. The van der Waals surface area contributed by atoms with Crippen LogP contribution in [0.25, 0.3) is 6.08 Å². The molecule has 2 heterocycles. The molecule has 0 unspecified atom stereocenters. The number of rotatable bonds is 2. The van der Waals surface area contributed by atoms with Gasteiger partial charge in [-0.3, -0.25) is 4.79 Å². The third-order valence-corrected chi connectivity index (χ3v) is 3.10. The van der Waals surface area contributed by atoms with Crippen molar-refractivity contribution in [3.05, 3.63) is 59.6 Å². The van der Waals surface area contributed by atoms with E-state index in [4.69, 9.17) is 4.42 Å². The molecule has 0 bridgehead atoms. The Morgan fingerprint density at radius 3 is 2.89 bits per heavy atom. The molecule has 3 rings (SSSR count). The monoisotopic (exact) mass is 254 g/mol. The predicted octanol–water partition coefficient (Wildman–Crippen LogP) is 2.78. The van der Waals surface area contributed by atoms with Crippen LogP contribution < -0.4 is 10.6 Å². The Morgan fingerprint density at radius 2 is 2.11 bits per heavy atom. The van der Waals surface area contributed by atoms with Crippen LogP contribution in [0.3, 0.4) is 0 Å². The summed E-state index contributed by atoms with van der Waals surface area (Å²) in [5.74, 6) is 0.693. The van der Waals surface area contributed by atoms with Gasteiger partial charge in [0.15, 0.2) is 0 Å². The summed E-state index contributed by atoms with van der Waals surface area (Å²) in [6.45, 7) is 1.98. The lowest BCUT2D eigenvalue weighted by Crippen LogP contribution is -2.43. The van der Waals surface area contributed by atoms with Crippen molar-refractivity contribution in [3.63, 3.8) is 0 Å². The summed E-state index contributed by atoms with van der Waals surface area (Å²) < 4.78 is 5.22. The van der Waals surface area contributed by atoms with Crippen LogP contribution >= 0.6 is 0 Å². The summed E-state index contributed by atoms with van der Waals surface area (Å²) in [6.07, 6.45) is 5.09. The SMILES string of the molecule is Cc1cccc2c1N[C@H](/C=C\c1ccco1)NC2=O. The van der Waals surface area contributed by atoms with Crippen molar-refractivity contribution in [1.82, 2.24) is 5.32 Å². The highest BCUT2D eigenvalue weighted by atomic mass is 16.3. The summed E-state index contributed by atoms with van der Waals surface area (Å²) >= 11 is 0. The second-order valence-electron chi connectivity index (χ2n) is 4.47. The molecule has 0 fully saturated rings. The maximum absolute atomic E-state index is 12.0. The number of benzene rings is 1. The van der Waals surface area contributed by atoms with Gasteiger partial charge in [-0.25, -0.2) is 0 Å². The molecule has 4 heteroatoms. The Balaban J connectivity index is 1.85. The van der Waals surface area contributed by atoms with Crippen LogP contribution in [0.5, 0.6) is 0 Å². The van der Waals surface area contributed by atoms with Crippen LogP contribution in [-0.4, -0.2) is 12.1 Å². The van der Waals surface area contributed by atoms with Gasteiger partial charge < -0.3 is 15.1 Å². The Morgan fingerprint density at radius 1 is 1.21 bits per heavy atom. The van der Waals surface area contributed by atoms with Gasteiger partial charge in [0.05, 0.1) is 17.5 Å². The lowest BCUT2D eigenvalue weighted by Gasteiger charge is -2.26. The normalized spacial score (nSPS) is 17.9. The van der Waals surface area contributed by atoms with Crippen molar-refractivity contribution in [1.29, 1.82) is 0 Å². The molecule has 1 atom stereocenters. The van der Waals surface area contributed by atoms with E-state index >= 15 is 0 Å². The number of nitrogens with one attached hydrogen (secondary N) is 2. The largest absolute Gasteiger partial charge is 0.465 e. The summed E-state index contributed by atoms with van der Waals surface area (Å²) in [6, 6.07) is 9.37. The van der Waals surface area contributed by atoms with Gasteiger partial charge in [-0.1, -0.05) is 12.1 Å². The molecule has 1 aliphatic heterocycles. The maximum Gasteiger partial charge on any atom is 0.255 e. The lowest BCUT2D eigenvalue weighted by molar-refractivity contribution is 0.0943. The molecular weight excluding hydrogens is 240 g/mol. The lowest BCUT2D eigenvalue weighted by atomic mass is 10.0. The first-order chi connectivity index (χ1) is 9.24. The van der Waals surface area contributed by atoms with Crippen molar-refractivity contribution in [2.24, 2.45) is 0 Å². The van der Waals surface area contributed by atoms with Gasteiger partial charge in [0.1, 0.15) is 11.9 Å². The van der Waals surface area contributed by atoms with E-state index in [1.54, 1.807) is 6.26 Å². The Hall–Kier alpha value is -2.49. The molecule has 19 heavy (non-hydrogen) atoms. The van der Waals surface area contributed by atoms with E-state index in [0.717, 1.165) is 17.0 Å². The number of carbonyl (C=O) groups is 1. The molecule has 1 aromatic carbocycles. The van der Waals surface area contributed by atoms with Gasteiger partial charge >= 0.3 is 0 Å². The molecule has 96 valence electrons. The Labute approximate surface area is 111 Å². The quantitative estimate of drug-likeness (QED) is 0.866. The van der Waals surface area contributed by atoms with E-state index in [9.17, 15) is 4.79 Å². The van der Waals surface area contributed by atoms with Crippen molar-refractivity contribution in [2.45, 2.75) is 13.1 Å². The number of hydrogen-bond acceptors (Lipinski definition) is 3. The minimum absolute atomic E-state index is 0.0634. The first-order valence-corrected chi connectivity index (χ1v) is 6.13. The van der Waals surface area contributed by atoms with Crippen LogP contribution in [0, 0.1) is 6.92 Å². The summed E-state index contributed by atoms with van der Waals surface area (Å²) in [5, 5.41) is 6.18. The van der Waals surface area contributed by atoms with Crippen molar-refractivity contribution >= 4 is 17.7 Å². The van der Waals surface area contributed by atoms with Gasteiger partial charge in [-0.2, -0.15) is 0 Å². The number of aryl methyl sites for hydroxylation is 1. The molecule has 0 aliphatic carbocycles. The molecule has 0 saturated carbocycles. The smallest absolute Gasteiger partial charge is 0.255 e. The number of furan rings is 1. The third-order valence-electron chi connectivity index (χ3n) is 3.10. The molecule has 4 nitrogen and oxygen atoms in total. The Kier molecular flexibility index (Phi) is 2.83. The average Bonchev–Trinajstić information content (AvgIpc) is 2.91. The van der Waals surface area contributed by atoms with E-state index in [0.29, 0.717) is 5.56 Å². The summed E-state index contributed by atoms with van der Waals surface area (Å²) in [4.78, 5) is 12.0. The third kappa shape index (κ3) is 2.25. The number of anilines is 1.